The molecule has 4 nitrogen and oxygen atoms in total. The molecule has 4 rings (SSSR count). The molecule has 3 heterocycles. The third-order valence-electron chi connectivity index (χ3n) is 8.09. The number of pyridine rings is 1. The van der Waals surface area contributed by atoms with Crippen LogP contribution < -0.4 is 0 Å². The lowest BCUT2D eigenvalue weighted by Gasteiger charge is -2.46. The average molecular weight is 434 g/mol. The second kappa shape index (κ2) is 8.64. The SMILES string of the molecule is CCOC(C)(C)C1(CCc2c[nH]c3ccccc23)CCN(C(C)(C)c2ccc(C)nc2)C1. The van der Waals surface area contributed by atoms with Crippen LogP contribution in [0.3, 0.4) is 0 Å². The van der Waals surface area contributed by atoms with Crippen molar-refractivity contribution in [3.8, 4) is 0 Å². The fourth-order valence-corrected chi connectivity index (χ4v) is 5.58. The minimum Gasteiger partial charge on any atom is -0.375 e. The Morgan fingerprint density at radius 2 is 1.91 bits per heavy atom. The van der Waals surface area contributed by atoms with Crippen molar-refractivity contribution in [3.63, 3.8) is 0 Å². The zero-order valence-corrected chi connectivity index (χ0v) is 20.7. The second-order valence-electron chi connectivity index (χ2n) is 10.5. The van der Waals surface area contributed by atoms with Crippen molar-refractivity contribution in [2.75, 3.05) is 19.7 Å². The van der Waals surface area contributed by atoms with Crippen molar-refractivity contribution < 1.29 is 4.74 Å². The van der Waals surface area contributed by atoms with Crippen LogP contribution in [0.2, 0.25) is 0 Å². The molecule has 3 aromatic rings. The van der Waals surface area contributed by atoms with Gasteiger partial charge in [-0.25, -0.2) is 0 Å². The normalized spacial score (nSPS) is 20.3. The van der Waals surface area contributed by atoms with Crippen molar-refractivity contribution >= 4 is 10.9 Å². The van der Waals surface area contributed by atoms with Crippen LogP contribution in [0.25, 0.3) is 10.9 Å². The number of hydrogen-bond acceptors (Lipinski definition) is 3. The fourth-order valence-electron chi connectivity index (χ4n) is 5.58. The van der Waals surface area contributed by atoms with Gasteiger partial charge >= 0.3 is 0 Å². The zero-order valence-electron chi connectivity index (χ0n) is 20.7. The Morgan fingerprint density at radius 3 is 2.62 bits per heavy atom. The van der Waals surface area contributed by atoms with Gasteiger partial charge in [0.1, 0.15) is 0 Å². The maximum Gasteiger partial charge on any atom is 0.0695 e. The highest BCUT2D eigenvalue weighted by Crippen LogP contribution is 2.49. The van der Waals surface area contributed by atoms with Crippen LogP contribution in [0.15, 0.2) is 48.8 Å². The number of ether oxygens (including phenoxy) is 1. The Balaban J connectivity index is 1.60. The summed E-state index contributed by atoms with van der Waals surface area (Å²) >= 11 is 0. The summed E-state index contributed by atoms with van der Waals surface area (Å²) in [6.45, 7) is 16.3. The molecule has 0 amide bonds. The van der Waals surface area contributed by atoms with E-state index < -0.39 is 0 Å². The Morgan fingerprint density at radius 1 is 1.12 bits per heavy atom. The molecular formula is C28H39N3O. The Labute approximate surface area is 193 Å². The number of hydrogen-bond donors (Lipinski definition) is 1. The second-order valence-corrected chi connectivity index (χ2v) is 10.5. The molecule has 0 spiro atoms. The minimum atomic E-state index is -0.190. The summed E-state index contributed by atoms with van der Waals surface area (Å²) in [5.74, 6) is 0. The van der Waals surface area contributed by atoms with Gasteiger partial charge in [-0.05, 0) is 90.6 Å². The molecule has 0 saturated carbocycles. The van der Waals surface area contributed by atoms with Crippen molar-refractivity contribution in [1.29, 1.82) is 0 Å². The number of aryl methyl sites for hydroxylation is 2. The molecule has 1 fully saturated rings. The number of nitrogens with one attached hydrogen (secondary N) is 1. The Kier molecular flexibility index (Phi) is 6.21. The number of aromatic nitrogens is 2. The maximum atomic E-state index is 6.41. The number of likely N-dealkylation sites (tertiary alicyclic amines) is 1. The number of para-hydroxylation sites is 1. The molecule has 1 aliphatic heterocycles. The topological polar surface area (TPSA) is 41.1 Å². The quantitative estimate of drug-likeness (QED) is 0.457. The van der Waals surface area contributed by atoms with Crippen LogP contribution in [0, 0.1) is 12.3 Å². The van der Waals surface area contributed by atoms with Gasteiger partial charge in [-0.2, -0.15) is 0 Å². The number of H-pyrrole nitrogens is 1. The van der Waals surface area contributed by atoms with Gasteiger partial charge in [0.2, 0.25) is 0 Å². The van der Waals surface area contributed by atoms with E-state index in [1.54, 1.807) is 0 Å². The third kappa shape index (κ3) is 4.11. The molecule has 0 radical (unpaired) electrons. The van der Waals surface area contributed by atoms with Gasteiger partial charge in [0, 0.05) is 53.1 Å². The lowest BCUT2D eigenvalue weighted by atomic mass is 9.69. The number of nitrogens with zero attached hydrogens (tertiary/aromatic N) is 2. The van der Waals surface area contributed by atoms with E-state index in [1.165, 1.54) is 22.0 Å². The highest BCUT2D eigenvalue weighted by atomic mass is 16.5. The maximum absolute atomic E-state index is 6.41. The van der Waals surface area contributed by atoms with E-state index in [2.05, 4.69) is 98.3 Å². The van der Waals surface area contributed by atoms with E-state index in [1.807, 2.05) is 6.92 Å². The van der Waals surface area contributed by atoms with Crippen molar-refractivity contribution in [2.45, 2.75) is 71.9 Å². The molecule has 1 aromatic carbocycles. The molecule has 4 heteroatoms. The van der Waals surface area contributed by atoms with Gasteiger partial charge < -0.3 is 9.72 Å². The Bertz CT molecular complexity index is 1050. The lowest BCUT2D eigenvalue weighted by Crippen LogP contribution is -2.50. The molecular weight excluding hydrogens is 394 g/mol. The van der Waals surface area contributed by atoms with Crippen LogP contribution in [-0.4, -0.2) is 40.2 Å². The molecule has 1 unspecified atom stereocenters. The summed E-state index contributed by atoms with van der Waals surface area (Å²) in [7, 11) is 0. The van der Waals surface area contributed by atoms with Gasteiger partial charge in [-0.15, -0.1) is 0 Å². The molecule has 2 aromatic heterocycles. The third-order valence-corrected chi connectivity index (χ3v) is 8.09. The first-order chi connectivity index (χ1) is 15.2. The van der Waals surface area contributed by atoms with Gasteiger partial charge in [0.15, 0.2) is 0 Å². The minimum absolute atomic E-state index is 0.0640. The van der Waals surface area contributed by atoms with Gasteiger partial charge in [-0.1, -0.05) is 24.3 Å². The number of rotatable bonds is 8. The predicted molar refractivity (Wildman–Crippen MR) is 133 cm³/mol. The largest absolute Gasteiger partial charge is 0.375 e. The summed E-state index contributed by atoms with van der Waals surface area (Å²) in [6.07, 6.45) is 7.56. The van der Waals surface area contributed by atoms with E-state index in [4.69, 9.17) is 4.74 Å². The Hall–Kier alpha value is -2.17. The van der Waals surface area contributed by atoms with Crippen LogP contribution in [0.4, 0.5) is 0 Å². The predicted octanol–water partition coefficient (Wildman–Crippen LogP) is 6.25. The van der Waals surface area contributed by atoms with Crippen LogP contribution in [-0.2, 0) is 16.7 Å². The van der Waals surface area contributed by atoms with E-state index in [-0.39, 0.29) is 16.6 Å². The van der Waals surface area contributed by atoms with Gasteiger partial charge in [0.25, 0.3) is 0 Å². The molecule has 1 N–H and O–H groups in total. The van der Waals surface area contributed by atoms with E-state index in [0.717, 1.165) is 44.7 Å². The molecule has 172 valence electrons. The monoisotopic (exact) mass is 433 g/mol. The van der Waals surface area contributed by atoms with Crippen molar-refractivity contribution in [3.05, 3.63) is 65.6 Å². The van der Waals surface area contributed by atoms with Crippen LogP contribution >= 0.6 is 0 Å². The zero-order chi connectivity index (χ0) is 23.0. The summed E-state index contributed by atoms with van der Waals surface area (Å²) in [5, 5.41) is 1.35. The summed E-state index contributed by atoms with van der Waals surface area (Å²) in [6, 6.07) is 13.0. The van der Waals surface area contributed by atoms with Crippen molar-refractivity contribution in [2.24, 2.45) is 5.41 Å². The fraction of sp³-hybridized carbons (Fsp3) is 0.536. The highest BCUT2D eigenvalue weighted by Gasteiger charge is 2.52. The molecule has 32 heavy (non-hydrogen) atoms. The summed E-state index contributed by atoms with van der Waals surface area (Å²) in [5.41, 5.74) is 4.82. The number of fused-ring (bicyclic) bond motifs is 1. The van der Waals surface area contributed by atoms with E-state index in [0.29, 0.717) is 0 Å². The molecule has 0 aliphatic carbocycles. The van der Waals surface area contributed by atoms with Crippen LogP contribution in [0.5, 0.6) is 0 Å². The molecule has 1 aliphatic rings. The lowest BCUT2D eigenvalue weighted by molar-refractivity contribution is -0.109. The summed E-state index contributed by atoms with van der Waals surface area (Å²) < 4.78 is 6.41. The smallest absolute Gasteiger partial charge is 0.0695 e. The molecule has 0 bridgehead atoms. The standard InChI is InChI=1S/C28H39N3O/c1-7-32-27(5,6)28(15-14-22-18-30-25-11-9-8-10-24(22)25)16-17-31(20-28)26(3,4)23-13-12-21(2)29-19-23/h8-13,18-19,30H,7,14-17,20H2,1-6H3. The van der Waals surface area contributed by atoms with Gasteiger partial charge in [-0.3, -0.25) is 9.88 Å². The molecule has 1 atom stereocenters. The van der Waals surface area contributed by atoms with E-state index >= 15 is 0 Å². The number of benzene rings is 1. The average Bonchev–Trinajstić information content (AvgIpc) is 3.39. The number of aromatic amines is 1. The first-order valence-electron chi connectivity index (χ1n) is 12.1. The molecule has 1 saturated heterocycles. The van der Waals surface area contributed by atoms with Gasteiger partial charge in [0.05, 0.1) is 5.60 Å². The first kappa shape index (κ1) is 23.0. The van der Waals surface area contributed by atoms with Crippen LogP contribution in [0.1, 0.15) is 64.3 Å². The van der Waals surface area contributed by atoms with E-state index in [9.17, 15) is 0 Å². The van der Waals surface area contributed by atoms with Crippen molar-refractivity contribution in [1.82, 2.24) is 14.9 Å². The highest BCUT2D eigenvalue weighted by molar-refractivity contribution is 5.83. The first-order valence-corrected chi connectivity index (χ1v) is 12.1. The summed E-state index contributed by atoms with van der Waals surface area (Å²) in [4.78, 5) is 10.7.